The van der Waals surface area contributed by atoms with E-state index >= 15 is 0 Å². The van der Waals surface area contributed by atoms with Crippen LogP contribution in [0, 0.1) is 5.92 Å². The zero-order valence-corrected chi connectivity index (χ0v) is 15.7. The molecule has 1 aliphatic carbocycles. The lowest BCUT2D eigenvalue weighted by Gasteiger charge is -2.17. The van der Waals surface area contributed by atoms with E-state index in [0.29, 0.717) is 28.9 Å². The van der Waals surface area contributed by atoms with E-state index in [1.807, 2.05) is 30.3 Å². The summed E-state index contributed by atoms with van der Waals surface area (Å²) in [5, 5.41) is 11.1. The van der Waals surface area contributed by atoms with Crippen molar-refractivity contribution in [3.8, 4) is 16.9 Å². The number of benzene rings is 1. The molecule has 2 aromatic heterocycles. The molecular formula is C22H22N2O4. The number of carbonyl (C=O) groups excluding carboxylic acids is 1. The molecule has 6 heteroatoms. The van der Waals surface area contributed by atoms with Gasteiger partial charge in [-0.3, -0.25) is 4.79 Å². The fraction of sp³-hybridized carbons (Fsp3) is 0.318. The number of ether oxygens (including phenoxy) is 1. The highest BCUT2D eigenvalue weighted by atomic mass is 16.5. The van der Waals surface area contributed by atoms with Gasteiger partial charge in [0.25, 0.3) is 5.56 Å². The predicted molar refractivity (Wildman–Crippen MR) is 106 cm³/mol. The summed E-state index contributed by atoms with van der Waals surface area (Å²) in [5.41, 5.74) is 1.52. The van der Waals surface area contributed by atoms with Crippen molar-refractivity contribution in [3.63, 3.8) is 0 Å². The van der Waals surface area contributed by atoms with Crippen molar-refractivity contribution < 1.29 is 14.6 Å². The zero-order chi connectivity index (χ0) is 19.7. The standard InChI is InChI=1S/C22H22N2O4/c1-28-22(27)19-20(25)17-11-16(15-9-3-2-4-10-15)21(26)24(18(17)12-23-19)13-14-7-5-6-8-14/h2-4,9-12,14,25H,5-8,13H2,1H3. The first kappa shape index (κ1) is 18.2. The Hall–Kier alpha value is -3.15. The molecule has 2 heterocycles. The van der Waals surface area contributed by atoms with Crippen LogP contribution in [0.3, 0.4) is 0 Å². The Labute approximate surface area is 162 Å². The maximum absolute atomic E-state index is 13.3. The van der Waals surface area contributed by atoms with Crippen LogP contribution in [0.1, 0.15) is 36.2 Å². The third-order valence-electron chi connectivity index (χ3n) is 5.51. The van der Waals surface area contributed by atoms with E-state index < -0.39 is 5.97 Å². The monoisotopic (exact) mass is 378 g/mol. The minimum atomic E-state index is -0.714. The molecule has 1 N–H and O–H groups in total. The molecule has 0 saturated heterocycles. The van der Waals surface area contributed by atoms with E-state index in [1.165, 1.54) is 26.1 Å². The van der Waals surface area contributed by atoms with Crippen molar-refractivity contribution in [1.29, 1.82) is 0 Å². The smallest absolute Gasteiger partial charge is 0.360 e. The zero-order valence-electron chi connectivity index (χ0n) is 15.7. The van der Waals surface area contributed by atoms with Crippen LogP contribution in [0.25, 0.3) is 22.0 Å². The average Bonchev–Trinajstić information content (AvgIpc) is 3.23. The molecule has 0 aliphatic heterocycles. The number of aromatic nitrogens is 2. The van der Waals surface area contributed by atoms with Gasteiger partial charge in [0, 0.05) is 17.5 Å². The van der Waals surface area contributed by atoms with Crippen LogP contribution in [-0.4, -0.2) is 27.7 Å². The summed E-state index contributed by atoms with van der Waals surface area (Å²) in [4.78, 5) is 29.3. The Balaban J connectivity index is 1.98. The van der Waals surface area contributed by atoms with E-state index in [1.54, 1.807) is 10.6 Å². The Morgan fingerprint density at radius 3 is 2.64 bits per heavy atom. The largest absolute Gasteiger partial charge is 0.505 e. The molecule has 1 aliphatic rings. The van der Waals surface area contributed by atoms with E-state index in [0.717, 1.165) is 18.4 Å². The summed E-state index contributed by atoms with van der Waals surface area (Å²) >= 11 is 0. The van der Waals surface area contributed by atoms with Crippen molar-refractivity contribution in [2.24, 2.45) is 5.92 Å². The van der Waals surface area contributed by atoms with Crippen LogP contribution in [0.2, 0.25) is 0 Å². The molecule has 1 saturated carbocycles. The molecule has 0 unspecified atom stereocenters. The lowest BCUT2D eigenvalue weighted by molar-refractivity contribution is 0.0591. The first-order valence-electron chi connectivity index (χ1n) is 9.49. The fourth-order valence-electron chi connectivity index (χ4n) is 4.03. The Bertz CT molecular complexity index is 1080. The third kappa shape index (κ3) is 3.15. The van der Waals surface area contributed by atoms with Gasteiger partial charge in [-0.25, -0.2) is 9.78 Å². The average molecular weight is 378 g/mol. The maximum Gasteiger partial charge on any atom is 0.360 e. The van der Waals surface area contributed by atoms with Crippen molar-refractivity contribution in [3.05, 3.63) is 58.6 Å². The summed E-state index contributed by atoms with van der Waals surface area (Å²) < 4.78 is 6.41. The van der Waals surface area contributed by atoms with Crippen molar-refractivity contribution in [2.45, 2.75) is 32.2 Å². The van der Waals surface area contributed by atoms with Crippen LogP contribution in [0.15, 0.2) is 47.4 Å². The summed E-state index contributed by atoms with van der Waals surface area (Å²) in [7, 11) is 1.24. The van der Waals surface area contributed by atoms with Gasteiger partial charge < -0.3 is 14.4 Å². The van der Waals surface area contributed by atoms with Gasteiger partial charge in [0.05, 0.1) is 18.8 Å². The van der Waals surface area contributed by atoms with E-state index in [9.17, 15) is 14.7 Å². The molecule has 0 atom stereocenters. The first-order chi connectivity index (χ1) is 13.6. The molecule has 3 aromatic rings. The van der Waals surface area contributed by atoms with Gasteiger partial charge in [0.2, 0.25) is 0 Å². The molecule has 0 spiro atoms. The summed E-state index contributed by atoms with van der Waals surface area (Å²) in [6.45, 7) is 0.578. The molecule has 4 rings (SSSR count). The maximum atomic E-state index is 13.3. The van der Waals surface area contributed by atoms with Crippen molar-refractivity contribution in [1.82, 2.24) is 9.55 Å². The summed E-state index contributed by atoms with van der Waals surface area (Å²) in [5.74, 6) is -0.551. The van der Waals surface area contributed by atoms with Crippen LogP contribution >= 0.6 is 0 Å². The van der Waals surface area contributed by atoms with Gasteiger partial charge in [-0.1, -0.05) is 43.2 Å². The van der Waals surface area contributed by atoms with Crippen molar-refractivity contribution >= 4 is 16.9 Å². The molecule has 144 valence electrons. The molecule has 0 radical (unpaired) electrons. The van der Waals surface area contributed by atoms with Crippen molar-refractivity contribution in [2.75, 3.05) is 7.11 Å². The quantitative estimate of drug-likeness (QED) is 0.700. The molecule has 0 amide bonds. The topological polar surface area (TPSA) is 81.4 Å². The van der Waals surface area contributed by atoms with E-state index in [-0.39, 0.29) is 17.0 Å². The molecule has 0 bridgehead atoms. The molecule has 28 heavy (non-hydrogen) atoms. The summed E-state index contributed by atoms with van der Waals surface area (Å²) in [6, 6.07) is 11.0. The minimum Gasteiger partial charge on any atom is -0.505 e. The summed E-state index contributed by atoms with van der Waals surface area (Å²) in [6.07, 6.45) is 6.00. The lowest BCUT2D eigenvalue weighted by atomic mass is 10.0. The Kier molecular flexibility index (Phi) is 4.86. The van der Waals surface area contributed by atoms with Gasteiger partial charge in [0.1, 0.15) is 0 Å². The van der Waals surface area contributed by atoms with Gasteiger partial charge in [-0.2, -0.15) is 0 Å². The van der Waals surface area contributed by atoms with Crippen LogP contribution in [-0.2, 0) is 11.3 Å². The van der Waals surface area contributed by atoms with Gasteiger partial charge >= 0.3 is 5.97 Å². The molecule has 1 aromatic carbocycles. The number of esters is 1. The van der Waals surface area contributed by atoms with Crippen LogP contribution < -0.4 is 5.56 Å². The second-order valence-corrected chi connectivity index (χ2v) is 7.24. The number of carbonyl (C=O) groups is 1. The number of methoxy groups -OCH3 is 1. The molecule has 6 nitrogen and oxygen atoms in total. The Morgan fingerprint density at radius 2 is 1.96 bits per heavy atom. The second-order valence-electron chi connectivity index (χ2n) is 7.24. The number of aromatic hydroxyl groups is 1. The number of fused-ring (bicyclic) bond motifs is 1. The highest BCUT2D eigenvalue weighted by Crippen LogP contribution is 2.32. The van der Waals surface area contributed by atoms with Crippen LogP contribution in [0.4, 0.5) is 0 Å². The molecule has 1 fully saturated rings. The predicted octanol–water partition coefficient (Wildman–Crippen LogP) is 3.75. The lowest BCUT2D eigenvalue weighted by Crippen LogP contribution is -2.25. The highest BCUT2D eigenvalue weighted by molar-refractivity contribution is 5.99. The Morgan fingerprint density at radius 1 is 1.25 bits per heavy atom. The van der Waals surface area contributed by atoms with E-state index in [2.05, 4.69) is 4.98 Å². The fourth-order valence-corrected chi connectivity index (χ4v) is 4.03. The molecular weight excluding hydrogens is 356 g/mol. The third-order valence-corrected chi connectivity index (χ3v) is 5.51. The highest BCUT2D eigenvalue weighted by Gasteiger charge is 2.23. The number of hydrogen-bond donors (Lipinski definition) is 1. The van der Waals surface area contributed by atoms with Gasteiger partial charge in [0.15, 0.2) is 11.4 Å². The number of hydrogen-bond acceptors (Lipinski definition) is 5. The normalized spacial score (nSPS) is 14.5. The number of rotatable bonds is 4. The van der Waals surface area contributed by atoms with E-state index in [4.69, 9.17) is 4.74 Å². The van der Waals surface area contributed by atoms with Crippen LogP contribution in [0.5, 0.6) is 5.75 Å². The number of pyridine rings is 2. The van der Waals surface area contributed by atoms with Gasteiger partial charge in [-0.15, -0.1) is 0 Å². The second kappa shape index (κ2) is 7.46. The number of nitrogens with zero attached hydrogens (tertiary/aromatic N) is 2. The SMILES string of the molecule is COC(=O)c1ncc2c(cc(-c3ccccc3)c(=O)n2CC2CCCC2)c1O. The first-order valence-corrected chi connectivity index (χ1v) is 9.49. The van der Waals surface area contributed by atoms with Gasteiger partial charge in [-0.05, 0) is 30.4 Å². The minimum absolute atomic E-state index is 0.113.